The lowest BCUT2D eigenvalue weighted by Gasteiger charge is -2.25. The van der Waals surface area contributed by atoms with Crippen molar-refractivity contribution in [1.82, 2.24) is 0 Å². The molecule has 0 amide bonds. The molecule has 0 N–H and O–H groups in total. The van der Waals surface area contributed by atoms with Crippen molar-refractivity contribution < 1.29 is 19.1 Å². The number of esters is 1. The van der Waals surface area contributed by atoms with Crippen LogP contribution in [0.15, 0.2) is 18.2 Å². The van der Waals surface area contributed by atoms with E-state index in [1.165, 1.54) is 16.7 Å². The average Bonchev–Trinajstić information content (AvgIpc) is 3.18. The van der Waals surface area contributed by atoms with E-state index in [2.05, 4.69) is 18.2 Å². The second-order valence-electron chi connectivity index (χ2n) is 7.67. The predicted molar refractivity (Wildman–Crippen MR) is 88.9 cm³/mol. The van der Waals surface area contributed by atoms with Crippen molar-refractivity contribution in [2.45, 2.75) is 57.0 Å². The molecular formula is C20H24O4. The maximum atomic E-state index is 11.5. The van der Waals surface area contributed by atoms with Crippen LogP contribution in [0.3, 0.4) is 0 Å². The van der Waals surface area contributed by atoms with Crippen LogP contribution in [0.25, 0.3) is 0 Å². The van der Waals surface area contributed by atoms with Crippen LogP contribution in [0.5, 0.6) is 0 Å². The third kappa shape index (κ3) is 3.00. The summed E-state index contributed by atoms with van der Waals surface area (Å²) >= 11 is 0. The van der Waals surface area contributed by atoms with Gasteiger partial charge >= 0.3 is 5.97 Å². The van der Waals surface area contributed by atoms with E-state index in [-0.39, 0.29) is 24.1 Å². The molecule has 4 heteroatoms. The summed E-state index contributed by atoms with van der Waals surface area (Å²) in [6, 6.07) is 6.86. The van der Waals surface area contributed by atoms with Gasteiger partial charge in [0.25, 0.3) is 0 Å². The SMILES string of the molecule is O=CCO[C@H]1CCc2cc([C@H]3CC[C@]4(COC(=O)C4)C3)ccc2C1. The highest BCUT2D eigenvalue weighted by Gasteiger charge is 2.46. The number of carbonyl (C=O) groups is 2. The largest absolute Gasteiger partial charge is 0.465 e. The number of hydrogen-bond donors (Lipinski definition) is 0. The zero-order valence-corrected chi connectivity index (χ0v) is 14.0. The van der Waals surface area contributed by atoms with Crippen molar-refractivity contribution in [3.8, 4) is 0 Å². The van der Waals surface area contributed by atoms with Gasteiger partial charge in [-0.3, -0.25) is 4.79 Å². The second kappa shape index (κ2) is 6.32. The summed E-state index contributed by atoms with van der Waals surface area (Å²) in [6.45, 7) is 0.812. The first-order valence-corrected chi connectivity index (χ1v) is 9.00. The smallest absolute Gasteiger partial charge is 0.306 e. The number of carbonyl (C=O) groups excluding carboxylic acids is 2. The Kier molecular flexibility index (Phi) is 4.17. The Morgan fingerprint density at radius 2 is 2.21 bits per heavy atom. The number of hydrogen-bond acceptors (Lipinski definition) is 4. The highest BCUT2D eigenvalue weighted by Crippen LogP contribution is 2.51. The molecule has 0 radical (unpaired) electrons. The van der Waals surface area contributed by atoms with Gasteiger partial charge < -0.3 is 14.3 Å². The molecule has 2 fully saturated rings. The standard InChI is InChI=1S/C20H24O4/c21-7-8-23-18-4-3-14-9-15(1-2-16(14)10-18)17-5-6-20(11-17)12-19(22)24-13-20/h1-2,7,9,17-18H,3-6,8,10-13H2/t17-,18-,20-/m0/s1. The fourth-order valence-electron chi connectivity index (χ4n) is 4.74. The highest BCUT2D eigenvalue weighted by atomic mass is 16.5. The van der Waals surface area contributed by atoms with Crippen LogP contribution in [-0.4, -0.2) is 31.6 Å². The van der Waals surface area contributed by atoms with Gasteiger partial charge in [0.2, 0.25) is 0 Å². The molecule has 3 aliphatic rings. The van der Waals surface area contributed by atoms with E-state index in [1.54, 1.807) is 0 Å². The van der Waals surface area contributed by atoms with Gasteiger partial charge in [-0.1, -0.05) is 18.2 Å². The molecule has 1 heterocycles. The van der Waals surface area contributed by atoms with Crippen molar-refractivity contribution in [2.75, 3.05) is 13.2 Å². The number of rotatable bonds is 4. The number of benzene rings is 1. The van der Waals surface area contributed by atoms with Gasteiger partial charge in [-0.15, -0.1) is 0 Å². The summed E-state index contributed by atoms with van der Waals surface area (Å²) in [4.78, 5) is 21.9. The Bertz CT molecular complexity index is 653. The molecule has 4 rings (SSSR count). The normalized spacial score (nSPS) is 31.9. The number of fused-ring (bicyclic) bond motifs is 1. The predicted octanol–water partition coefficient (Wildman–Crippen LogP) is 2.96. The number of ether oxygens (including phenoxy) is 2. The number of aryl methyl sites for hydroxylation is 1. The van der Waals surface area contributed by atoms with Gasteiger partial charge in [-0.25, -0.2) is 0 Å². The lowest BCUT2D eigenvalue weighted by molar-refractivity contribution is -0.137. The molecule has 24 heavy (non-hydrogen) atoms. The highest BCUT2D eigenvalue weighted by molar-refractivity contribution is 5.72. The third-order valence-electron chi connectivity index (χ3n) is 6.05. The Labute approximate surface area is 142 Å². The Balaban J connectivity index is 1.45. The minimum Gasteiger partial charge on any atom is -0.465 e. The minimum atomic E-state index is -0.0255. The maximum absolute atomic E-state index is 11.5. The lowest BCUT2D eigenvalue weighted by Crippen LogP contribution is -2.23. The summed E-state index contributed by atoms with van der Waals surface area (Å²) < 4.78 is 10.8. The summed E-state index contributed by atoms with van der Waals surface area (Å²) in [5.74, 6) is 0.524. The molecule has 1 saturated carbocycles. The topological polar surface area (TPSA) is 52.6 Å². The molecule has 4 nitrogen and oxygen atoms in total. The van der Waals surface area contributed by atoms with Gasteiger partial charge in [0.1, 0.15) is 12.9 Å². The first-order valence-electron chi connectivity index (χ1n) is 9.00. The summed E-state index contributed by atoms with van der Waals surface area (Å²) in [5, 5.41) is 0. The zero-order chi connectivity index (χ0) is 16.6. The molecule has 3 atom stereocenters. The van der Waals surface area contributed by atoms with E-state index < -0.39 is 0 Å². The van der Waals surface area contributed by atoms with Crippen LogP contribution < -0.4 is 0 Å². The molecule has 1 aromatic rings. The van der Waals surface area contributed by atoms with Crippen molar-refractivity contribution in [3.05, 3.63) is 34.9 Å². The molecule has 1 aliphatic heterocycles. The van der Waals surface area contributed by atoms with E-state index in [0.717, 1.165) is 44.8 Å². The van der Waals surface area contributed by atoms with Crippen LogP contribution in [0.2, 0.25) is 0 Å². The van der Waals surface area contributed by atoms with E-state index >= 15 is 0 Å². The van der Waals surface area contributed by atoms with Gasteiger partial charge in [-0.05, 0) is 61.1 Å². The Hall–Kier alpha value is -1.68. The van der Waals surface area contributed by atoms with Crippen molar-refractivity contribution in [3.63, 3.8) is 0 Å². The summed E-state index contributed by atoms with van der Waals surface area (Å²) in [7, 11) is 0. The fourth-order valence-corrected chi connectivity index (χ4v) is 4.74. The first-order chi connectivity index (χ1) is 11.7. The van der Waals surface area contributed by atoms with E-state index in [4.69, 9.17) is 9.47 Å². The van der Waals surface area contributed by atoms with E-state index in [1.807, 2.05) is 0 Å². The minimum absolute atomic E-state index is 0.0255. The summed E-state index contributed by atoms with van der Waals surface area (Å²) in [5.41, 5.74) is 4.30. The van der Waals surface area contributed by atoms with Crippen LogP contribution in [0.1, 0.15) is 54.7 Å². The molecular weight excluding hydrogens is 304 g/mol. The van der Waals surface area contributed by atoms with Crippen molar-refractivity contribution in [1.29, 1.82) is 0 Å². The molecule has 0 bridgehead atoms. The molecule has 1 spiro atoms. The molecule has 1 aromatic carbocycles. The lowest BCUT2D eigenvalue weighted by atomic mass is 9.82. The quantitative estimate of drug-likeness (QED) is 0.630. The third-order valence-corrected chi connectivity index (χ3v) is 6.05. The monoisotopic (exact) mass is 328 g/mol. The number of aldehydes is 1. The maximum Gasteiger partial charge on any atom is 0.306 e. The van der Waals surface area contributed by atoms with E-state index in [0.29, 0.717) is 18.9 Å². The van der Waals surface area contributed by atoms with Gasteiger partial charge in [0.05, 0.1) is 19.1 Å². The second-order valence-corrected chi connectivity index (χ2v) is 7.67. The van der Waals surface area contributed by atoms with Crippen LogP contribution in [0.4, 0.5) is 0 Å². The van der Waals surface area contributed by atoms with Gasteiger partial charge in [0.15, 0.2) is 0 Å². The van der Waals surface area contributed by atoms with E-state index in [9.17, 15) is 9.59 Å². The van der Waals surface area contributed by atoms with Gasteiger partial charge in [-0.2, -0.15) is 0 Å². The average molecular weight is 328 g/mol. The molecule has 1 saturated heterocycles. The molecule has 0 unspecified atom stereocenters. The van der Waals surface area contributed by atoms with Gasteiger partial charge in [0, 0.05) is 5.41 Å². The molecule has 128 valence electrons. The number of cyclic esters (lactones) is 1. The van der Waals surface area contributed by atoms with Crippen LogP contribution >= 0.6 is 0 Å². The molecule has 0 aromatic heterocycles. The van der Waals surface area contributed by atoms with Crippen molar-refractivity contribution >= 4 is 12.3 Å². The summed E-state index contributed by atoms with van der Waals surface area (Å²) in [6.07, 6.45) is 7.83. The van der Waals surface area contributed by atoms with Crippen LogP contribution in [-0.2, 0) is 31.9 Å². The fraction of sp³-hybridized carbons (Fsp3) is 0.600. The first kappa shape index (κ1) is 15.8. The molecule has 2 aliphatic carbocycles. The van der Waals surface area contributed by atoms with Crippen molar-refractivity contribution in [2.24, 2.45) is 5.41 Å². The van der Waals surface area contributed by atoms with Crippen LogP contribution in [0, 0.1) is 5.41 Å². The zero-order valence-electron chi connectivity index (χ0n) is 14.0. The Morgan fingerprint density at radius 3 is 3.00 bits per heavy atom. The Morgan fingerprint density at radius 1 is 1.29 bits per heavy atom.